The molecule has 0 aliphatic carbocycles. The van der Waals surface area contributed by atoms with Gasteiger partial charge in [-0.2, -0.15) is 0 Å². The topological polar surface area (TPSA) is 60.5 Å². The third kappa shape index (κ3) is 4.72. The van der Waals surface area contributed by atoms with E-state index in [1.807, 2.05) is 11.4 Å². The molecule has 0 aliphatic rings. The summed E-state index contributed by atoms with van der Waals surface area (Å²) in [7, 11) is 1.61. The fraction of sp³-hybridized carbons (Fsp3) is 0.238. The van der Waals surface area contributed by atoms with E-state index in [4.69, 9.17) is 9.47 Å². The lowest BCUT2D eigenvalue weighted by Gasteiger charge is -2.10. The van der Waals surface area contributed by atoms with Crippen LogP contribution in [0.5, 0.6) is 5.75 Å². The van der Waals surface area contributed by atoms with E-state index in [2.05, 4.69) is 42.3 Å². The van der Waals surface area contributed by atoms with Crippen molar-refractivity contribution in [3.05, 3.63) is 64.5 Å². The van der Waals surface area contributed by atoms with Gasteiger partial charge in [0, 0.05) is 18.1 Å². The Morgan fingerprint density at radius 2 is 1.96 bits per heavy atom. The molecule has 1 N–H and O–H groups in total. The number of nitrogens with zero attached hydrogens (tertiary/aromatic N) is 1. The molecule has 0 fully saturated rings. The molecule has 0 saturated heterocycles. The van der Waals surface area contributed by atoms with Crippen LogP contribution in [-0.2, 0) is 4.74 Å². The van der Waals surface area contributed by atoms with E-state index in [0.29, 0.717) is 29.7 Å². The number of hydrogen-bond acceptors (Lipinski definition) is 5. The minimum absolute atomic E-state index is 0.246. The molecule has 0 unspecified atom stereocenters. The van der Waals surface area contributed by atoms with Crippen molar-refractivity contribution in [3.63, 3.8) is 0 Å². The molecule has 27 heavy (non-hydrogen) atoms. The summed E-state index contributed by atoms with van der Waals surface area (Å²) in [6.07, 6.45) is 0. The first-order valence-electron chi connectivity index (χ1n) is 8.63. The van der Waals surface area contributed by atoms with Crippen molar-refractivity contribution in [1.82, 2.24) is 4.98 Å². The van der Waals surface area contributed by atoms with Gasteiger partial charge in [0.2, 0.25) is 0 Å². The van der Waals surface area contributed by atoms with Crippen LogP contribution in [0, 0.1) is 13.8 Å². The number of para-hydroxylation sites is 1. The van der Waals surface area contributed by atoms with Gasteiger partial charge in [0.15, 0.2) is 5.13 Å². The Labute approximate surface area is 163 Å². The SMILES string of the molecule is COCCOc1ccccc1C(=O)Nc1nc(-c2ccc(C)cc2C)cs1. The number of aryl methyl sites for hydroxylation is 2. The lowest BCUT2D eigenvalue weighted by Crippen LogP contribution is -2.14. The highest BCUT2D eigenvalue weighted by molar-refractivity contribution is 7.14. The molecular weight excluding hydrogens is 360 g/mol. The van der Waals surface area contributed by atoms with Crippen molar-refractivity contribution in [2.45, 2.75) is 13.8 Å². The normalized spacial score (nSPS) is 10.6. The second-order valence-corrected chi connectivity index (χ2v) is 7.01. The van der Waals surface area contributed by atoms with Crippen molar-refractivity contribution in [3.8, 4) is 17.0 Å². The van der Waals surface area contributed by atoms with E-state index in [-0.39, 0.29) is 5.91 Å². The third-order valence-corrected chi connectivity index (χ3v) is 4.82. The molecule has 1 heterocycles. The first-order chi connectivity index (χ1) is 13.1. The van der Waals surface area contributed by atoms with Crippen LogP contribution in [0.3, 0.4) is 0 Å². The predicted octanol–water partition coefficient (Wildman–Crippen LogP) is 4.70. The highest BCUT2D eigenvalue weighted by Crippen LogP contribution is 2.28. The Morgan fingerprint density at radius 1 is 1.15 bits per heavy atom. The van der Waals surface area contributed by atoms with Gasteiger partial charge in [-0.05, 0) is 31.5 Å². The molecule has 0 aliphatic heterocycles. The largest absolute Gasteiger partial charge is 0.490 e. The number of aromatic nitrogens is 1. The van der Waals surface area contributed by atoms with Crippen LogP contribution in [0.25, 0.3) is 11.3 Å². The summed E-state index contributed by atoms with van der Waals surface area (Å²) in [5.74, 6) is 0.280. The van der Waals surface area contributed by atoms with Gasteiger partial charge in [-0.3, -0.25) is 10.1 Å². The van der Waals surface area contributed by atoms with E-state index in [1.54, 1.807) is 25.3 Å². The van der Waals surface area contributed by atoms with E-state index >= 15 is 0 Å². The molecule has 3 rings (SSSR count). The molecule has 140 valence electrons. The average Bonchev–Trinajstić information content (AvgIpc) is 3.10. The Hall–Kier alpha value is -2.70. The Kier molecular flexibility index (Phi) is 6.21. The zero-order chi connectivity index (χ0) is 19.2. The zero-order valence-electron chi connectivity index (χ0n) is 15.6. The summed E-state index contributed by atoms with van der Waals surface area (Å²) in [5.41, 5.74) is 4.77. The number of benzene rings is 2. The molecular formula is C21H22N2O3S. The maximum Gasteiger partial charge on any atom is 0.261 e. The molecule has 0 radical (unpaired) electrons. The maximum atomic E-state index is 12.7. The fourth-order valence-electron chi connectivity index (χ4n) is 2.74. The summed E-state index contributed by atoms with van der Waals surface area (Å²) in [6, 6.07) is 13.4. The number of amides is 1. The first kappa shape index (κ1) is 19.1. The monoisotopic (exact) mass is 382 g/mol. The standard InChI is InChI=1S/C21H22N2O3S/c1-14-8-9-16(15(2)12-14)18-13-27-21(22-18)23-20(24)17-6-4-5-7-19(17)26-11-10-25-3/h4-9,12-13H,10-11H2,1-3H3,(H,22,23,24). The van der Waals surface area contributed by atoms with Crippen LogP contribution < -0.4 is 10.1 Å². The van der Waals surface area contributed by atoms with Gasteiger partial charge in [-0.1, -0.05) is 35.9 Å². The number of thiazole rings is 1. The summed E-state index contributed by atoms with van der Waals surface area (Å²) < 4.78 is 10.6. The van der Waals surface area contributed by atoms with Gasteiger partial charge in [-0.15, -0.1) is 11.3 Å². The summed E-state index contributed by atoms with van der Waals surface area (Å²) >= 11 is 1.40. The number of ether oxygens (including phenoxy) is 2. The third-order valence-electron chi connectivity index (χ3n) is 4.06. The minimum Gasteiger partial charge on any atom is -0.490 e. The van der Waals surface area contributed by atoms with E-state index < -0.39 is 0 Å². The van der Waals surface area contributed by atoms with Crippen LogP contribution >= 0.6 is 11.3 Å². The smallest absolute Gasteiger partial charge is 0.261 e. The van der Waals surface area contributed by atoms with Gasteiger partial charge >= 0.3 is 0 Å². The minimum atomic E-state index is -0.246. The molecule has 0 spiro atoms. The van der Waals surface area contributed by atoms with Crippen molar-refractivity contribution < 1.29 is 14.3 Å². The van der Waals surface area contributed by atoms with Crippen molar-refractivity contribution in [2.24, 2.45) is 0 Å². The number of carbonyl (C=O) groups excluding carboxylic acids is 1. The second-order valence-electron chi connectivity index (χ2n) is 6.15. The molecule has 1 aromatic heterocycles. The number of anilines is 1. The van der Waals surface area contributed by atoms with Crippen LogP contribution in [0.2, 0.25) is 0 Å². The lowest BCUT2D eigenvalue weighted by atomic mass is 10.0. The summed E-state index contributed by atoms with van der Waals surface area (Å²) in [6.45, 7) is 4.97. The molecule has 1 amide bonds. The summed E-state index contributed by atoms with van der Waals surface area (Å²) in [4.78, 5) is 17.2. The van der Waals surface area contributed by atoms with Crippen LogP contribution in [0.4, 0.5) is 5.13 Å². The van der Waals surface area contributed by atoms with Crippen LogP contribution in [0.15, 0.2) is 47.8 Å². The number of carbonyl (C=O) groups is 1. The Morgan fingerprint density at radius 3 is 2.74 bits per heavy atom. The number of methoxy groups -OCH3 is 1. The van der Waals surface area contributed by atoms with E-state index in [9.17, 15) is 4.79 Å². The second kappa shape index (κ2) is 8.79. The number of hydrogen-bond donors (Lipinski definition) is 1. The first-order valence-corrected chi connectivity index (χ1v) is 9.51. The Balaban J connectivity index is 1.75. The Bertz CT molecular complexity index is 937. The van der Waals surface area contributed by atoms with E-state index in [1.165, 1.54) is 16.9 Å². The van der Waals surface area contributed by atoms with Crippen molar-refractivity contribution in [1.29, 1.82) is 0 Å². The lowest BCUT2D eigenvalue weighted by molar-refractivity contribution is 0.101. The maximum absolute atomic E-state index is 12.7. The summed E-state index contributed by atoms with van der Waals surface area (Å²) in [5, 5.41) is 5.38. The average molecular weight is 382 g/mol. The van der Waals surface area contributed by atoms with Crippen molar-refractivity contribution >= 4 is 22.4 Å². The molecule has 5 nitrogen and oxygen atoms in total. The van der Waals surface area contributed by atoms with Gasteiger partial charge in [0.05, 0.1) is 17.9 Å². The number of nitrogens with one attached hydrogen (secondary N) is 1. The molecule has 0 saturated carbocycles. The van der Waals surface area contributed by atoms with Gasteiger partial charge in [0.1, 0.15) is 12.4 Å². The van der Waals surface area contributed by atoms with Gasteiger partial charge in [0.25, 0.3) is 5.91 Å². The predicted molar refractivity (Wildman–Crippen MR) is 109 cm³/mol. The molecule has 2 aromatic carbocycles. The highest BCUT2D eigenvalue weighted by Gasteiger charge is 2.15. The molecule has 0 bridgehead atoms. The van der Waals surface area contributed by atoms with Crippen LogP contribution in [0.1, 0.15) is 21.5 Å². The highest BCUT2D eigenvalue weighted by atomic mass is 32.1. The van der Waals surface area contributed by atoms with Crippen molar-refractivity contribution in [2.75, 3.05) is 25.6 Å². The van der Waals surface area contributed by atoms with Crippen LogP contribution in [-0.4, -0.2) is 31.2 Å². The zero-order valence-corrected chi connectivity index (χ0v) is 16.4. The number of rotatable bonds is 7. The van der Waals surface area contributed by atoms with Gasteiger partial charge in [-0.25, -0.2) is 4.98 Å². The fourth-order valence-corrected chi connectivity index (χ4v) is 3.44. The van der Waals surface area contributed by atoms with Gasteiger partial charge < -0.3 is 9.47 Å². The van der Waals surface area contributed by atoms with E-state index in [0.717, 1.165) is 16.8 Å². The molecule has 6 heteroatoms. The molecule has 3 aromatic rings. The molecule has 0 atom stereocenters. The quantitative estimate of drug-likeness (QED) is 0.602.